The monoisotopic (exact) mass is 303 g/mol. The fourth-order valence-electron chi connectivity index (χ4n) is 2.94. The Morgan fingerprint density at radius 3 is 2.77 bits per heavy atom. The first-order chi connectivity index (χ1) is 10.7. The van der Waals surface area contributed by atoms with Crippen LogP contribution in [-0.4, -0.2) is 44.9 Å². The van der Waals surface area contributed by atoms with Gasteiger partial charge in [-0.3, -0.25) is 4.79 Å². The largest absolute Gasteiger partial charge is 0.369 e. The number of piperazine rings is 1. The van der Waals surface area contributed by atoms with Crippen molar-refractivity contribution in [3.63, 3.8) is 0 Å². The molecule has 0 aromatic heterocycles. The Morgan fingerprint density at radius 1 is 1.45 bits per heavy atom. The maximum absolute atomic E-state index is 12.0. The quantitative estimate of drug-likeness (QED) is 0.778. The Hall–Kier alpha value is -1.88. The number of hydrogen-bond donors (Lipinski definition) is 2. The predicted molar refractivity (Wildman–Crippen MR) is 88.2 cm³/mol. The third kappa shape index (κ3) is 4.07. The lowest BCUT2D eigenvalue weighted by Crippen LogP contribution is -2.49. The zero-order chi connectivity index (χ0) is 15.9. The minimum absolute atomic E-state index is 0.0367. The molecule has 2 N–H and O–H groups in total. The molecule has 1 aromatic carbocycles. The Morgan fingerprint density at radius 2 is 2.18 bits per heavy atom. The minimum Gasteiger partial charge on any atom is -0.369 e. The van der Waals surface area contributed by atoms with Gasteiger partial charge in [0.25, 0.3) is 0 Å². The first-order valence-electron chi connectivity index (χ1n) is 7.89. The van der Waals surface area contributed by atoms with Crippen LogP contribution in [0.3, 0.4) is 0 Å². The van der Waals surface area contributed by atoms with E-state index in [1.54, 1.807) is 7.05 Å². The molecule has 1 heterocycles. The number of carbonyl (C=O) groups is 2. The van der Waals surface area contributed by atoms with E-state index in [-0.39, 0.29) is 11.8 Å². The molecule has 0 radical (unpaired) electrons. The average molecular weight is 303 g/mol. The first-order valence-corrected chi connectivity index (χ1v) is 7.89. The van der Waals surface area contributed by atoms with Crippen molar-refractivity contribution in [2.45, 2.75) is 31.7 Å². The van der Waals surface area contributed by atoms with Gasteiger partial charge >= 0.3 is 0 Å². The van der Waals surface area contributed by atoms with E-state index in [2.05, 4.69) is 34.6 Å². The lowest BCUT2D eigenvalue weighted by Gasteiger charge is -2.33. The van der Waals surface area contributed by atoms with Gasteiger partial charge in [0, 0.05) is 44.8 Å². The van der Waals surface area contributed by atoms with Gasteiger partial charge in [0.1, 0.15) is 6.29 Å². The summed E-state index contributed by atoms with van der Waals surface area (Å²) in [6.45, 7) is 5.15. The molecule has 0 bridgehead atoms. The van der Waals surface area contributed by atoms with E-state index < -0.39 is 0 Å². The van der Waals surface area contributed by atoms with Gasteiger partial charge in [0.15, 0.2) is 0 Å². The van der Waals surface area contributed by atoms with Gasteiger partial charge in [-0.25, -0.2) is 0 Å². The van der Waals surface area contributed by atoms with Gasteiger partial charge in [-0.05, 0) is 31.0 Å². The van der Waals surface area contributed by atoms with Crippen molar-refractivity contribution < 1.29 is 9.59 Å². The smallest absolute Gasteiger partial charge is 0.227 e. The van der Waals surface area contributed by atoms with Crippen molar-refractivity contribution in [1.82, 2.24) is 10.6 Å². The van der Waals surface area contributed by atoms with Crippen molar-refractivity contribution in [1.29, 1.82) is 0 Å². The molecular weight excluding hydrogens is 278 g/mol. The SMILES string of the molecule is CNC(=O)C(CCC=O)c1ccc(N2CCNC(C)C2)cc1. The molecule has 1 aliphatic heterocycles. The molecule has 1 aromatic rings. The zero-order valence-electron chi connectivity index (χ0n) is 13.3. The molecule has 2 rings (SSSR count). The Balaban J connectivity index is 2.11. The number of likely N-dealkylation sites (N-methyl/N-ethyl adjacent to an activating group) is 1. The first kappa shape index (κ1) is 16.5. The van der Waals surface area contributed by atoms with Crippen molar-refractivity contribution >= 4 is 17.9 Å². The number of rotatable bonds is 6. The van der Waals surface area contributed by atoms with Crippen molar-refractivity contribution in [2.75, 3.05) is 31.6 Å². The predicted octanol–water partition coefficient (Wildman–Crippen LogP) is 1.29. The van der Waals surface area contributed by atoms with Crippen molar-refractivity contribution in [3.05, 3.63) is 29.8 Å². The lowest BCUT2D eigenvalue weighted by molar-refractivity contribution is -0.122. The molecule has 5 heteroatoms. The third-order valence-corrected chi connectivity index (χ3v) is 4.17. The van der Waals surface area contributed by atoms with E-state index in [0.717, 1.165) is 31.5 Å². The molecule has 0 spiro atoms. The molecule has 1 amide bonds. The highest BCUT2D eigenvalue weighted by molar-refractivity contribution is 5.83. The summed E-state index contributed by atoms with van der Waals surface area (Å²) in [5.41, 5.74) is 2.15. The van der Waals surface area contributed by atoms with Crippen molar-refractivity contribution in [3.8, 4) is 0 Å². The number of anilines is 1. The summed E-state index contributed by atoms with van der Waals surface area (Å²) in [7, 11) is 1.63. The summed E-state index contributed by atoms with van der Waals surface area (Å²) in [6, 6.07) is 8.65. The second-order valence-corrected chi connectivity index (χ2v) is 5.80. The number of carbonyl (C=O) groups excluding carboxylic acids is 2. The highest BCUT2D eigenvalue weighted by Gasteiger charge is 2.20. The molecule has 0 aliphatic carbocycles. The molecule has 1 aliphatic rings. The Kier molecular flexibility index (Phi) is 5.95. The van der Waals surface area contributed by atoms with Gasteiger partial charge in [-0.1, -0.05) is 12.1 Å². The van der Waals surface area contributed by atoms with Gasteiger partial charge in [-0.15, -0.1) is 0 Å². The summed E-state index contributed by atoms with van der Waals surface area (Å²) < 4.78 is 0. The fraction of sp³-hybridized carbons (Fsp3) is 0.529. The Bertz CT molecular complexity index is 501. The number of nitrogens with zero attached hydrogens (tertiary/aromatic N) is 1. The molecule has 2 unspecified atom stereocenters. The molecule has 22 heavy (non-hydrogen) atoms. The van der Waals surface area contributed by atoms with E-state index in [1.165, 1.54) is 5.69 Å². The van der Waals surface area contributed by atoms with Crippen LogP contribution in [0.4, 0.5) is 5.69 Å². The van der Waals surface area contributed by atoms with Gasteiger partial charge < -0.3 is 20.3 Å². The van der Waals surface area contributed by atoms with Gasteiger partial charge in [0.2, 0.25) is 5.91 Å². The van der Waals surface area contributed by atoms with Crippen molar-refractivity contribution in [2.24, 2.45) is 0 Å². The topological polar surface area (TPSA) is 61.4 Å². The van der Waals surface area contributed by atoms with Crippen LogP contribution >= 0.6 is 0 Å². The maximum atomic E-state index is 12.0. The summed E-state index contributed by atoms with van der Waals surface area (Å²) in [4.78, 5) is 25.0. The van der Waals surface area contributed by atoms with Crippen LogP contribution in [0.25, 0.3) is 0 Å². The maximum Gasteiger partial charge on any atom is 0.227 e. The summed E-state index contributed by atoms with van der Waals surface area (Å²) >= 11 is 0. The molecule has 0 saturated carbocycles. The molecule has 1 saturated heterocycles. The lowest BCUT2D eigenvalue weighted by atomic mass is 9.93. The highest BCUT2D eigenvalue weighted by atomic mass is 16.1. The van der Waals surface area contributed by atoms with E-state index in [4.69, 9.17) is 0 Å². The second-order valence-electron chi connectivity index (χ2n) is 5.80. The standard InChI is InChI=1S/C17H25N3O2/c1-13-12-20(10-9-19-13)15-7-5-14(6-8-15)16(4-3-11-21)17(22)18-2/h5-8,11,13,16,19H,3-4,9-10,12H2,1-2H3,(H,18,22). The van der Waals surface area contributed by atoms with Crippen LogP contribution in [0.1, 0.15) is 31.2 Å². The van der Waals surface area contributed by atoms with E-state index >= 15 is 0 Å². The van der Waals surface area contributed by atoms with Crippen LogP contribution in [0, 0.1) is 0 Å². The van der Waals surface area contributed by atoms with Gasteiger partial charge in [0.05, 0.1) is 5.92 Å². The molecular formula is C17H25N3O2. The molecule has 120 valence electrons. The molecule has 2 atom stereocenters. The highest BCUT2D eigenvalue weighted by Crippen LogP contribution is 2.25. The zero-order valence-corrected chi connectivity index (χ0v) is 13.3. The summed E-state index contributed by atoms with van der Waals surface area (Å²) in [6.07, 6.45) is 1.81. The number of nitrogens with one attached hydrogen (secondary N) is 2. The van der Waals surface area contributed by atoms with Crippen LogP contribution < -0.4 is 15.5 Å². The van der Waals surface area contributed by atoms with Gasteiger partial charge in [-0.2, -0.15) is 0 Å². The average Bonchev–Trinajstić information content (AvgIpc) is 2.55. The van der Waals surface area contributed by atoms with E-state index in [0.29, 0.717) is 18.9 Å². The molecule has 1 fully saturated rings. The number of aldehydes is 1. The van der Waals surface area contributed by atoms with Crippen LogP contribution in [0.5, 0.6) is 0 Å². The molecule has 5 nitrogen and oxygen atoms in total. The van der Waals surface area contributed by atoms with E-state index in [9.17, 15) is 9.59 Å². The second kappa shape index (κ2) is 7.94. The van der Waals surface area contributed by atoms with Crippen LogP contribution in [0.15, 0.2) is 24.3 Å². The summed E-state index contributed by atoms with van der Waals surface area (Å²) in [5.74, 6) is -0.295. The fourth-order valence-corrected chi connectivity index (χ4v) is 2.94. The normalized spacial score (nSPS) is 19.5. The third-order valence-electron chi connectivity index (χ3n) is 4.17. The van der Waals surface area contributed by atoms with E-state index in [1.807, 2.05) is 12.1 Å². The number of hydrogen-bond acceptors (Lipinski definition) is 4. The Labute approximate surface area is 132 Å². The number of benzene rings is 1. The minimum atomic E-state index is -0.258. The summed E-state index contributed by atoms with van der Waals surface area (Å²) in [5, 5.41) is 6.11. The van der Waals surface area contributed by atoms with Crippen LogP contribution in [0.2, 0.25) is 0 Å². The van der Waals surface area contributed by atoms with Crippen LogP contribution in [-0.2, 0) is 9.59 Å². The number of amides is 1.